The highest BCUT2D eigenvalue weighted by Crippen LogP contribution is 2.36. The summed E-state index contributed by atoms with van der Waals surface area (Å²) < 4.78 is 6.10. The van der Waals surface area contributed by atoms with E-state index < -0.39 is 0 Å². The third kappa shape index (κ3) is 10.4. The van der Waals surface area contributed by atoms with Crippen molar-refractivity contribution in [3.05, 3.63) is 48.2 Å². The van der Waals surface area contributed by atoms with Gasteiger partial charge in [0.15, 0.2) is 0 Å². The molecule has 2 atom stereocenters. The van der Waals surface area contributed by atoms with Gasteiger partial charge in [-0.1, -0.05) is 103 Å². The Labute approximate surface area is 216 Å². The van der Waals surface area contributed by atoms with Crippen molar-refractivity contribution in [1.29, 1.82) is 0 Å². The molecule has 0 bridgehead atoms. The second kappa shape index (κ2) is 16.8. The van der Waals surface area contributed by atoms with E-state index in [1.54, 1.807) is 0 Å². The van der Waals surface area contributed by atoms with E-state index in [9.17, 15) is 0 Å². The first-order chi connectivity index (χ1) is 17.3. The summed E-state index contributed by atoms with van der Waals surface area (Å²) in [6, 6.07) is 12.9. The van der Waals surface area contributed by atoms with E-state index in [2.05, 4.69) is 56.4 Å². The zero-order chi connectivity index (χ0) is 24.6. The molecule has 0 amide bonds. The van der Waals surface area contributed by atoms with E-state index in [0.717, 1.165) is 36.3 Å². The molecule has 2 unspecified atom stereocenters. The average molecular weight is 478 g/mol. The van der Waals surface area contributed by atoms with Gasteiger partial charge in [-0.2, -0.15) is 0 Å². The van der Waals surface area contributed by atoms with Crippen molar-refractivity contribution < 1.29 is 4.74 Å². The molecule has 0 spiro atoms. The minimum Gasteiger partial charge on any atom is -0.494 e. The first-order valence-corrected chi connectivity index (χ1v) is 15.0. The number of hydrogen-bond acceptors (Lipinski definition) is 2. The number of nitrogens with zero attached hydrogens (tertiary/aromatic N) is 1. The standard InChI is InChI=1S/C33H51NO/c1-3-5-7-8-9-11-15-28-20-25-33(34-27-28)31-21-23-32(24-22-31)35-26-14-19-30-18-13-12-17-29(30)16-10-6-4-2/h20-25,27,29-30H,3-19,26H2,1-2H3. The molecular weight excluding hydrogens is 426 g/mol. The number of aromatic nitrogens is 1. The Balaban J connectivity index is 1.36. The number of ether oxygens (including phenoxy) is 1. The molecule has 1 aliphatic rings. The monoisotopic (exact) mass is 477 g/mol. The molecule has 194 valence electrons. The van der Waals surface area contributed by atoms with Crippen LogP contribution in [0.3, 0.4) is 0 Å². The molecule has 2 heteroatoms. The van der Waals surface area contributed by atoms with Crippen LogP contribution < -0.4 is 4.74 Å². The number of unbranched alkanes of at least 4 members (excludes halogenated alkanes) is 7. The van der Waals surface area contributed by atoms with Crippen LogP contribution in [0.25, 0.3) is 11.3 Å². The third-order valence-corrected chi connectivity index (χ3v) is 8.03. The highest BCUT2D eigenvalue weighted by Gasteiger charge is 2.24. The molecule has 0 N–H and O–H groups in total. The summed E-state index contributed by atoms with van der Waals surface area (Å²) in [6.07, 6.45) is 25.2. The van der Waals surface area contributed by atoms with E-state index in [-0.39, 0.29) is 0 Å². The molecule has 1 heterocycles. The number of hydrogen-bond donors (Lipinski definition) is 0. The molecule has 35 heavy (non-hydrogen) atoms. The van der Waals surface area contributed by atoms with Crippen LogP contribution >= 0.6 is 0 Å². The fraction of sp³-hybridized carbons (Fsp3) is 0.667. The van der Waals surface area contributed by atoms with Crippen molar-refractivity contribution >= 4 is 0 Å². The Morgan fingerprint density at radius 2 is 1.37 bits per heavy atom. The molecule has 0 saturated heterocycles. The van der Waals surface area contributed by atoms with Gasteiger partial charge in [-0.3, -0.25) is 4.98 Å². The van der Waals surface area contributed by atoms with Gasteiger partial charge in [0.25, 0.3) is 0 Å². The van der Waals surface area contributed by atoms with Gasteiger partial charge in [0, 0.05) is 11.8 Å². The van der Waals surface area contributed by atoms with Crippen LogP contribution in [0.15, 0.2) is 42.6 Å². The first kappa shape index (κ1) is 27.8. The van der Waals surface area contributed by atoms with Crippen LogP contribution in [-0.4, -0.2) is 11.6 Å². The summed E-state index contributed by atoms with van der Waals surface area (Å²) in [7, 11) is 0. The van der Waals surface area contributed by atoms with E-state index in [1.165, 1.54) is 114 Å². The Bertz CT molecular complexity index is 782. The van der Waals surface area contributed by atoms with Crippen molar-refractivity contribution in [3.63, 3.8) is 0 Å². The molecule has 1 aliphatic carbocycles. The molecule has 1 aromatic carbocycles. The lowest BCUT2D eigenvalue weighted by Crippen LogP contribution is -2.20. The maximum atomic E-state index is 6.10. The molecule has 2 aromatic rings. The fourth-order valence-corrected chi connectivity index (χ4v) is 5.81. The predicted molar refractivity (Wildman–Crippen MR) is 151 cm³/mol. The molecule has 1 saturated carbocycles. The Hall–Kier alpha value is -1.83. The maximum absolute atomic E-state index is 6.10. The predicted octanol–water partition coefficient (Wildman–Crippen LogP) is 10.2. The van der Waals surface area contributed by atoms with E-state index in [1.807, 2.05) is 0 Å². The third-order valence-electron chi connectivity index (χ3n) is 8.03. The number of rotatable bonds is 17. The Morgan fingerprint density at radius 3 is 2.06 bits per heavy atom. The summed E-state index contributed by atoms with van der Waals surface area (Å²) in [6.45, 7) is 5.42. The van der Waals surface area contributed by atoms with Crippen molar-refractivity contribution in [2.24, 2.45) is 11.8 Å². The fourth-order valence-electron chi connectivity index (χ4n) is 5.81. The summed E-state index contributed by atoms with van der Waals surface area (Å²) in [5.41, 5.74) is 3.57. The minimum absolute atomic E-state index is 0.836. The molecular formula is C33H51NO. The van der Waals surface area contributed by atoms with Crippen LogP contribution in [0.4, 0.5) is 0 Å². The van der Waals surface area contributed by atoms with Crippen molar-refractivity contribution in [2.75, 3.05) is 6.61 Å². The lowest BCUT2D eigenvalue weighted by atomic mass is 9.74. The zero-order valence-electron chi connectivity index (χ0n) is 22.8. The van der Waals surface area contributed by atoms with Crippen LogP contribution in [0.5, 0.6) is 5.75 Å². The van der Waals surface area contributed by atoms with Gasteiger partial charge < -0.3 is 4.74 Å². The van der Waals surface area contributed by atoms with E-state index >= 15 is 0 Å². The summed E-state index contributed by atoms with van der Waals surface area (Å²) in [5, 5.41) is 0. The number of aryl methyl sites for hydroxylation is 1. The minimum atomic E-state index is 0.836. The topological polar surface area (TPSA) is 22.1 Å². The van der Waals surface area contributed by atoms with Gasteiger partial charge in [0.05, 0.1) is 12.3 Å². The summed E-state index contributed by atoms with van der Waals surface area (Å²) in [4.78, 5) is 4.73. The molecule has 0 radical (unpaired) electrons. The molecule has 0 aliphatic heterocycles. The highest BCUT2D eigenvalue weighted by molar-refractivity contribution is 5.60. The highest BCUT2D eigenvalue weighted by atomic mass is 16.5. The van der Waals surface area contributed by atoms with E-state index in [4.69, 9.17) is 9.72 Å². The molecule has 1 aromatic heterocycles. The molecule has 2 nitrogen and oxygen atoms in total. The maximum Gasteiger partial charge on any atom is 0.119 e. The van der Waals surface area contributed by atoms with Crippen molar-refractivity contribution in [2.45, 2.75) is 123 Å². The van der Waals surface area contributed by atoms with Gasteiger partial charge in [-0.25, -0.2) is 0 Å². The Morgan fingerprint density at radius 1 is 0.714 bits per heavy atom. The van der Waals surface area contributed by atoms with Gasteiger partial charge in [-0.15, -0.1) is 0 Å². The second-order valence-corrected chi connectivity index (χ2v) is 10.9. The van der Waals surface area contributed by atoms with Crippen LogP contribution in [-0.2, 0) is 6.42 Å². The Kier molecular flexibility index (Phi) is 13.3. The normalized spacial score (nSPS) is 18.0. The molecule has 3 rings (SSSR count). The van der Waals surface area contributed by atoms with Crippen LogP contribution in [0.1, 0.15) is 122 Å². The smallest absolute Gasteiger partial charge is 0.119 e. The van der Waals surface area contributed by atoms with Crippen molar-refractivity contribution in [1.82, 2.24) is 4.98 Å². The van der Waals surface area contributed by atoms with E-state index in [0.29, 0.717) is 0 Å². The quantitative estimate of drug-likeness (QED) is 0.211. The van der Waals surface area contributed by atoms with Crippen LogP contribution in [0, 0.1) is 11.8 Å². The average Bonchev–Trinajstić information content (AvgIpc) is 2.90. The number of pyridine rings is 1. The molecule has 1 fully saturated rings. The lowest BCUT2D eigenvalue weighted by Gasteiger charge is -2.31. The van der Waals surface area contributed by atoms with Crippen molar-refractivity contribution in [3.8, 4) is 17.0 Å². The van der Waals surface area contributed by atoms with Crippen LogP contribution in [0.2, 0.25) is 0 Å². The first-order valence-electron chi connectivity index (χ1n) is 15.0. The van der Waals surface area contributed by atoms with Gasteiger partial charge in [-0.05, 0) is 73.4 Å². The SMILES string of the molecule is CCCCCCCCc1ccc(-c2ccc(OCCCC3CCCCC3CCCCC)cc2)nc1. The summed E-state index contributed by atoms with van der Waals surface area (Å²) in [5.74, 6) is 2.89. The number of benzene rings is 1. The van der Waals surface area contributed by atoms with Gasteiger partial charge >= 0.3 is 0 Å². The van der Waals surface area contributed by atoms with Gasteiger partial charge in [0.1, 0.15) is 5.75 Å². The lowest BCUT2D eigenvalue weighted by molar-refractivity contribution is 0.190. The second-order valence-electron chi connectivity index (χ2n) is 10.9. The largest absolute Gasteiger partial charge is 0.494 e. The zero-order valence-corrected chi connectivity index (χ0v) is 22.8. The van der Waals surface area contributed by atoms with Gasteiger partial charge in [0.2, 0.25) is 0 Å². The summed E-state index contributed by atoms with van der Waals surface area (Å²) >= 11 is 0.